The average molecular weight is 170 g/mol. The first kappa shape index (κ1) is 11.8. The summed E-state index contributed by atoms with van der Waals surface area (Å²) in [5.74, 6) is -1.51. The molecule has 0 amide bonds. The van der Waals surface area contributed by atoms with Crippen LogP contribution in [-0.2, 0) is 4.74 Å². The molecule has 13 heavy (non-hydrogen) atoms. The van der Waals surface area contributed by atoms with Crippen molar-refractivity contribution in [3.63, 3.8) is 0 Å². The molecule has 0 aliphatic heterocycles. The molecule has 1 aromatic rings. The van der Waals surface area contributed by atoms with Crippen LogP contribution in [0.25, 0.3) is 0 Å². The molecule has 0 saturated heterocycles. The zero-order valence-corrected chi connectivity index (χ0v) is 7.32. The molecule has 0 atom stereocenters. The number of rotatable bonds is 2. The molecule has 62 valence electrons. The Bertz CT molecular complexity index is 295. The van der Waals surface area contributed by atoms with Crippen LogP contribution in [0.3, 0.4) is 0 Å². The first-order valence-electron chi connectivity index (χ1n) is 3.33. The van der Waals surface area contributed by atoms with Crippen molar-refractivity contribution in [2.45, 2.75) is 0 Å². The molecule has 0 radical (unpaired) electrons. The minimum absolute atomic E-state index is 0. The van der Waals surface area contributed by atoms with Crippen LogP contribution in [0, 0.1) is 0 Å². The van der Waals surface area contributed by atoms with E-state index in [0.717, 1.165) is 0 Å². The number of hydrogen-bond donors (Lipinski definition) is 0. The Kier molecular flexibility index (Phi) is 4.98. The van der Waals surface area contributed by atoms with Crippen LogP contribution in [0.15, 0.2) is 42.9 Å². The maximum absolute atomic E-state index is 11.0. The van der Waals surface area contributed by atoms with Crippen molar-refractivity contribution in [1.82, 2.24) is 0 Å². The second-order valence-electron chi connectivity index (χ2n) is 2.13. The molecule has 1 aromatic carbocycles. The quantitative estimate of drug-likeness (QED) is 0.284. The third-order valence-corrected chi connectivity index (χ3v) is 1.22. The summed E-state index contributed by atoms with van der Waals surface area (Å²) in [5, 5.41) is 10.3. The first-order chi connectivity index (χ1) is 5.70. The molecule has 0 bridgehead atoms. The molecule has 0 spiro atoms. The fourth-order valence-electron chi connectivity index (χ4n) is 0.737. The minimum Gasteiger partial charge on any atom is -0.550 e. The minimum atomic E-state index is -0.844. The van der Waals surface area contributed by atoms with E-state index in [2.05, 4.69) is 11.3 Å². The van der Waals surface area contributed by atoms with Gasteiger partial charge in [0, 0.05) is 5.56 Å². The van der Waals surface area contributed by atoms with Crippen molar-refractivity contribution in [2.75, 3.05) is 0 Å². The number of carbonyl (C=O) groups is 1. The van der Waals surface area contributed by atoms with E-state index in [1.807, 2.05) is 0 Å². The predicted octanol–water partition coefficient (Wildman–Crippen LogP) is -2.32. The largest absolute Gasteiger partial charge is 1.00 e. The molecular formula is C9H7LiO3. The normalized spacial score (nSPS) is 8.31. The number of hydrogen-bond acceptors (Lipinski definition) is 3. The topological polar surface area (TPSA) is 49.4 Å². The average Bonchev–Trinajstić information content (AvgIpc) is 2.05. The Morgan fingerprint density at radius 3 is 2.31 bits per heavy atom. The Morgan fingerprint density at radius 2 is 1.85 bits per heavy atom. The molecule has 4 heteroatoms. The van der Waals surface area contributed by atoms with E-state index in [9.17, 15) is 9.90 Å². The molecule has 0 N–H and O–H groups in total. The summed E-state index contributed by atoms with van der Waals surface area (Å²) >= 11 is 0. The van der Waals surface area contributed by atoms with Crippen molar-refractivity contribution < 1.29 is 33.5 Å². The summed E-state index contributed by atoms with van der Waals surface area (Å²) in [7, 11) is 0. The van der Waals surface area contributed by atoms with Crippen LogP contribution >= 0.6 is 0 Å². The van der Waals surface area contributed by atoms with E-state index in [0.29, 0.717) is 5.56 Å². The Balaban J connectivity index is 0.00000144. The van der Waals surface area contributed by atoms with Gasteiger partial charge in [-0.05, 0) is 0 Å². The summed E-state index contributed by atoms with van der Waals surface area (Å²) < 4.78 is 4.25. The fourth-order valence-corrected chi connectivity index (χ4v) is 0.737. The van der Waals surface area contributed by atoms with Crippen LogP contribution in [0.4, 0.5) is 0 Å². The van der Waals surface area contributed by atoms with E-state index >= 15 is 0 Å². The van der Waals surface area contributed by atoms with Gasteiger partial charge in [0.25, 0.3) is 0 Å². The predicted molar refractivity (Wildman–Crippen MR) is 41.0 cm³/mol. The number of carbonyl (C=O) groups excluding carboxylic acids is 1. The molecule has 0 aromatic heterocycles. The number of benzene rings is 1. The zero-order valence-electron chi connectivity index (χ0n) is 7.32. The molecule has 0 fully saturated rings. The van der Waals surface area contributed by atoms with Gasteiger partial charge in [-0.1, -0.05) is 36.9 Å². The number of ether oxygens (including phenoxy) is 1. The summed E-state index contributed by atoms with van der Waals surface area (Å²) in [4.78, 5) is 11.0. The summed E-state index contributed by atoms with van der Waals surface area (Å²) in [6, 6.07) is 8.26. The third-order valence-electron chi connectivity index (χ3n) is 1.22. The van der Waals surface area contributed by atoms with E-state index in [-0.39, 0.29) is 18.9 Å². The van der Waals surface area contributed by atoms with Gasteiger partial charge >= 0.3 is 18.9 Å². The van der Waals surface area contributed by atoms with E-state index < -0.39 is 11.9 Å². The van der Waals surface area contributed by atoms with Crippen molar-refractivity contribution >= 4 is 5.97 Å². The summed E-state index contributed by atoms with van der Waals surface area (Å²) in [6.07, 6.45) is 0. The van der Waals surface area contributed by atoms with Gasteiger partial charge in [-0.15, -0.1) is 0 Å². The van der Waals surface area contributed by atoms with Gasteiger partial charge in [0.1, 0.15) is 0 Å². The van der Waals surface area contributed by atoms with Gasteiger partial charge in [-0.25, -0.2) is 0 Å². The van der Waals surface area contributed by atoms with Crippen molar-refractivity contribution in [3.8, 4) is 0 Å². The van der Waals surface area contributed by atoms with E-state index in [1.54, 1.807) is 30.3 Å². The van der Waals surface area contributed by atoms with E-state index in [4.69, 9.17) is 0 Å². The van der Waals surface area contributed by atoms with Gasteiger partial charge in [-0.2, -0.15) is 0 Å². The number of esters is 1. The Labute approximate surface area is 88.2 Å². The second kappa shape index (κ2) is 5.47. The molecule has 0 heterocycles. The molecule has 0 aliphatic rings. The zero-order chi connectivity index (χ0) is 8.97. The first-order valence-corrected chi connectivity index (χ1v) is 3.33. The van der Waals surface area contributed by atoms with Gasteiger partial charge in [0.05, 0.1) is 5.95 Å². The van der Waals surface area contributed by atoms with Crippen molar-refractivity contribution in [2.24, 2.45) is 0 Å². The second-order valence-corrected chi connectivity index (χ2v) is 2.13. The fraction of sp³-hybridized carbons (Fsp3) is 0. The molecule has 0 saturated carbocycles. The van der Waals surface area contributed by atoms with Crippen LogP contribution < -0.4 is 24.0 Å². The van der Waals surface area contributed by atoms with Gasteiger partial charge in [-0.3, -0.25) is 4.79 Å². The molecule has 1 rings (SSSR count). The summed E-state index contributed by atoms with van der Waals surface area (Å²) in [5.41, 5.74) is 0.342. The van der Waals surface area contributed by atoms with Gasteiger partial charge < -0.3 is 9.84 Å². The molecule has 0 aliphatic carbocycles. The third kappa shape index (κ3) is 3.84. The Morgan fingerprint density at radius 1 is 1.31 bits per heavy atom. The Hall–Kier alpha value is -1.17. The van der Waals surface area contributed by atoms with Crippen molar-refractivity contribution in [1.29, 1.82) is 0 Å². The molecule has 3 nitrogen and oxygen atoms in total. The monoisotopic (exact) mass is 170 g/mol. The van der Waals surface area contributed by atoms with Crippen LogP contribution in [-0.4, -0.2) is 5.97 Å². The SMILES string of the molecule is C=C([O-])OC(=O)c1ccccc1.[Li+]. The standard InChI is InChI=1S/C9H8O3.Li/c1-7(10)12-9(11)8-5-3-2-4-6-8;/h2-6,10H,1H2;/q;+1/p-1. The van der Waals surface area contributed by atoms with Crippen molar-refractivity contribution in [3.05, 3.63) is 48.4 Å². The van der Waals surface area contributed by atoms with E-state index in [1.165, 1.54) is 0 Å². The van der Waals surface area contributed by atoms with Crippen LogP contribution in [0.1, 0.15) is 10.4 Å². The molecule has 0 unspecified atom stereocenters. The van der Waals surface area contributed by atoms with Crippen LogP contribution in [0.5, 0.6) is 0 Å². The smallest absolute Gasteiger partial charge is 0.550 e. The summed E-state index contributed by atoms with van der Waals surface area (Å²) in [6.45, 7) is 2.92. The van der Waals surface area contributed by atoms with Gasteiger partial charge in [0.15, 0.2) is 0 Å². The molecular weight excluding hydrogens is 163 g/mol. The van der Waals surface area contributed by atoms with Crippen LogP contribution in [0.2, 0.25) is 0 Å². The maximum atomic E-state index is 11.0. The maximum Gasteiger partial charge on any atom is 1.00 e. The van der Waals surface area contributed by atoms with Gasteiger partial charge in [0.2, 0.25) is 5.97 Å².